The van der Waals surface area contributed by atoms with Crippen LogP contribution < -0.4 is 0 Å². The molecule has 10 heteroatoms. The van der Waals surface area contributed by atoms with E-state index in [0.717, 1.165) is 21.6 Å². The van der Waals surface area contributed by atoms with Gasteiger partial charge < -0.3 is 9.64 Å². The van der Waals surface area contributed by atoms with Crippen LogP contribution in [0.15, 0.2) is 118 Å². The van der Waals surface area contributed by atoms with Crippen LogP contribution >= 0.6 is 0 Å². The van der Waals surface area contributed by atoms with Crippen LogP contribution in [0.4, 0.5) is 0 Å². The van der Waals surface area contributed by atoms with Crippen molar-refractivity contribution in [3.63, 3.8) is 0 Å². The van der Waals surface area contributed by atoms with Gasteiger partial charge in [0.2, 0.25) is 0 Å². The number of nitrogens with zero attached hydrogens (tertiary/aromatic N) is 3. The molecule has 216 valence electrons. The van der Waals surface area contributed by atoms with Gasteiger partial charge in [-0.25, -0.2) is 4.79 Å². The third-order valence-corrected chi connectivity index (χ3v) is 9.01. The van der Waals surface area contributed by atoms with Crippen molar-refractivity contribution in [3.05, 3.63) is 137 Å². The van der Waals surface area contributed by atoms with Gasteiger partial charge in [-0.15, -0.1) is 4.40 Å². The lowest BCUT2D eigenvalue weighted by Gasteiger charge is -2.53. The Morgan fingerprint density at radius 2 is 1.26 bits per heavy atom. The Bertz CT molecular complexity index is 1780. The van der Waals surface area contributed by atoms with Gasteiger partial charge in [0.05, 0.1) is 29.2 Å². The molecule has 43 heavy (non-hydrogen) atoms. The number of benzene rings is 4. The van der Waals surface area contributed by atoms with Gasteiger partial charge >= 0.3 is 5.97 Å². The highest BCUT2D eigenvalue weighted by Gasteiger charge is 2.60. The molecule has 4 aromatic rings. The van der Waals surface area contributed by atoms with Crippen LogP contribution in [-0.4, -0.2) is 61.0 Å². The van der Waals surface area contributed by atoms with E-state index in [1.165, 1.54) is 36.3 Å². The largest absolute Gasteiger partial charge is 0.467 e. The molecule has 0 N–H and O–H groups in total. The molecule has 2 atom stereocenters. The fourth-order valence-corrected chi connectivity index (χ4v) is 6.69. The Labute approximate surface area is 249 Å². The van der Waals surface area contributed by atoms with Crippen molar-refractivity contribution >= 4 is 33.6 Å². The van der Waals surface area contributed by atoms with Crippen LogP contribution in [-0.2, 0) is 19.6 Å². The molecule has 0 radical (unpaired) electrons. The molecular formula is C33H27N3O6S. The van der Waals surface area contributed by atoms with Crippen molar-refractivity contribution in [2.24, 2.45) is 4.40 Å². The second kappa shape index (κ2) is 11.0. The number of hydrogen-bond donors (Lipinski definition) is 0. The molecule has 0 spiro atoms. The highest BCUT2D eigenvalue weighted by atomic mass is 32.2. The molecule has 6 rings (SSSR count). The first-order valence-electron chi connectivity index (χ1n) is 13.6. The van der Waals surface area contributed by atoms with Crippen molar-refractivity contribution < 1.29 is 27.5 Å². The number of likely N-dealkylation sites (tertiary alicyclic amines) is 1. The van der Waals surface area contributed by atoms with Gasteiger partial charge in [-0.1, -0.05) is 90.5 Å². The molecule has 2 heterocycles. The standard InChI is InChI=1S/C33H27N3O6S/c1-21-17-19-24(20-18-21)43(40,41)34-30-28(36-31(37)25-15-9-10-16-26(25)32(36)38)29(33(39)42-2)35(30)27(22-11-5-3-6-12-22)23-13-7-4-8-14-23/h3-20,27-29H,1-2H3/b34-30-/t28-,29+/m1/s1. The van der Waals surface area contributed by atoms with Crippen molar-refractivity contribution in [1.29, 1.82) is 0 Å². The Kier molecular flexibility index (Phi) is 7.15. The Morgan fingerprint density at radius 1 is 0.767 bits per heavy atom. The molecular weight excluding hydrogens is 566 g/mol. The van der Waals surface area contributed by atoms with Crippen LogP contribution in [0.2, 0.25) is 0 Å². The second-order valence-corrected chi connectivity index (χ2v) is 11.9. The van der Waals surface area contributed by atoms with E-state index in [4.69, 9.17) is 4.74 Å². The molecule has 2 amide bonds. The Balaban J connectivity index is 1.58. The number of aryl methyl sites for hydroxylation is 1. The number of fused-ring (bicyclic) bond motifs is 1. The molecule has 1 saturated heterocycles. The fourth-order valence-electron chi connectivity index (χ4n) is 5.65. The SMILES string of the molecule is COC(=O)[C@@H]1[C@@H](N2C(=O)c3ccccc3C2=O)/C(=N/S(=O)(=O)c2ccc(C)cc2)N1C(c1ccccc1)c1ccccc1. The topological polar surface area (TPSA) is 113 Å². The monoisotopic (exact) mass is 593 g/mol. The van der Waals surface area contributed by atoms with E-state index in [1.807, 2.05) is 67.6 Å². The average molecular weight is 594 g/mol. The summed E-state index contributed by atoms with van der Waals surface area (Å²) < 4.78 is 37.0. The number of sulfonamides is 1. The summed E-state index contributed by atoms with van der Waals surface area (Å²) >= 11 is 0. The van der Waals surface area contributed by atoms with Crippen LogP contribution in [0.25, 0.3) is 0 Å². The van der Waals surface area contributed by atoms with E-state index in [-0.39, 0.29) is 21.9 Å². The fraction of sp³-hybridized carbons (Fsp3) is 0.152. The molecule has 4 aromatic carbocycles. The maximum Gasteiger partial charge on any atom is 0.331 e. The summed E-state index contributed by atoms with van der Waals surface area (Å²) in [4.78, 5) is 43.3. The zero-order valence-electron chi connectivity index (χ0n) is 23.3. The third-order valence-electron chi connectivity index (χ3n) is 7.72. The zero-order chi connectivity index (χ0) is 30.3. The summed E-state index contributed by atoms with van der Waals surface area (Å²) in [5.41, 5.74) is 2.67. The minimum Gasteiger partial charge on any atom is -0.467 e. The lowest BCUT2D eigenvalue weighted by Crippen LogP contribution is -2.74. The van der Waals surface area contributed by atoms with Crippen LogP contribution in [0.3, 0.4) is 0 Å². The number of carbonyl (C=O) groups excluding carboxylic acids is 3. The summed E-state index contributed by atoms with van der Waals surface area (Å²) in [6, 6.07) is 27.7. The average Bonchev–Trinajstić information content (AvgIpc) is 3.27. The zero-order valence-corrected chi connectivity index (χ0v) is 24.1. The first-order valence-corrected chi connectivity index (χ1v) is 15.0. The number of esters is 1. The molecule has 2 aliphatic rings. The molecule has 9 nitrogen and oxygen atoms in total. The molecule has 0 aromatic heterocycles. The van der Waals surface area contributed by atoms with Gasteiger partial charge in [0.15, 0.2) is 6.04 Å². The molecule has 0 saturated carbocycles. The predicted octanol–water partition coefficient (Wildman–Crippen LogP) is 4.39. The smallest absolute Gasteiger partial charge is 0.331 e. The van der Waals surface area contributed by atoms with E-state index in [2.05, 4.69) is 4.40 Å². The predicted molar refractivity (Wildman–Crippen MR) is 159 cm³/mol. The van der Waals surface area contributed by atoms with Crippen LogP contribution in [0.1, 0.15) is 43.4 Å². The first kappa shape index (κ1) is 28.0. The number of imide groups is 1. The van der Waals surface area contributed by atoms with E-state index in [1.54, 1.807) is 24.3 Å². The number of carbonyl (C=O) groups is 3. The minimum atomic E-state index is -4.34. The maximum absolute atomic E-state index is 13.8. The molecule has 0 bridgehead atoms. The number of hydrogen-bond acceptors (Lipinski definition) is 6. The number of amides is 2. The number of methoxy groups -OCH3 is 1. The highest BCUT2D eigenvalue weighted by Crippen LogP contribution is 2.42. The lowest BCUT2D eigenvalue weighted by molar-refractivity contribution is -0.149. The number of amidine groups is 1. The molecule has 0 unspecified atom stereocenters. The summed E-state index contributed by atoms with van der Waals surface area (Å²) in [5.74, 6) is -2.15. The van der Waals surface area contributed by atoms with Gasteiger partial charge in [0, 0.05) is 0 Å². The van der Waals surface area contributed by atoms with Crippen LogP contribution in [0.5, 0.6) is 0 Å². The number of ether oxygens (including phenoxy) is 1. The van der Waals surface area contributed by atoms with Crippen molar-refractivity contribution in [3.8, 4) is 0 Å². The molecule has 2 aliphatic heterocycles. The first-order chi connectivity index (χ1) is 20.7. The van der Waals surface area contributed by atoms with E-state index in [9.17, 15) is 22.8 Å². The van der Waals surface area contributed by atoms with Gasteiger partial charge in [-0.05, 0) is 42.3 Å². The quantitative estimate of drug-likeness (QED) is 0.231. The summed E-state index contributed by atoms with van der Waals surface area (Å²) in [5, 5.41) is 0. The lowest BCUT2D eigenvalue weighted by atomic mass is 9.85. The molecule has 1 fully saturated rings. The van der Waals surface area contributed by atoms with E-state index in [0.29, 0.717) is 0 Å². The Hall–Kier alpha value is -5.09. The van der Waals surface area contributed by atoms with Crippen molar-refractivity contribution in [2.45, 2.75) is 29.9 Å². The van der Waals surface area contributed by atoms with Crippen molar-refractivity contribution in [2.75, 3.05) is 7.11 Å². The minimum absolute atomic E-state index is 0.0656. The summed E-state index contributed by atoms with van der Waals surface area (Å²) in [7, 11) is -3.14. The van der Waals surface area contributed by atoms with E-state index < -0.39 is 45.9 Å². The highest BCUT2D eigenvalue weighted by molar-refractivity contribution is 7.90. The molecule has 0 aliphatic carbocycles. The van der Waals surface area contributed by atoms with Gasteiger partial charge in [-0.2, -0.15) is 8.42 Å². The maximum atomic E-state index is 13.8. The van der Waals surface area contributed by atoms with Gasteiger partial charge in [0.1, 0.15) is 11.9 Å². The summed E-state index contributed by atoms with van der Waals surface area (Å²) in [6.07, 6.45) is 0. The van der Waals surface area contributed by atoms with Gasteiger partial charge in [0.25, 0.3) is 21.8 Å². The second-order valence-electron chi connectivity index (χ2n) is 10.3. The van der Waals surface area contributed by atoms with Gasteiger partial charge in [-0.3, -0.25) is 14.5 Å². The Morgan fingerprint density at radius 3 is 1.74 bits per heavy atom. The van der Waals surface area contributed by atoms with E-state index >= 15 is 0 Å². The number of rotatable bonds is 7. The van der Waals surface area contributed by atoms with Crippen LogP contribution in [0, 0.1) is 6.92 Å². The normalized spacial score (nSPS) is 19.0. The third kappa shape index (κ3) is 4.79. The summed E-state index contributed by atoms with van der Waals surface area (Å²) in [6.45, 7) is 1.83. The van der Waals surface area contributed by atoms with Crippen molar-refractivity contribution in [1.82, 2.24) is 9.80 Å².